The van der Waals surface area contributed by atoms with E-state index in [1.54, 1.807) is 13.1 Å². The Bertz CT molecular complexity index is 487. The molecule has 1 aromatic rings. The lowest BCUT2D eigenvalue weighted by Crippen LogP contribution is -2.49. The number of rotatable bonds is 3. The summed E-state index contributed by atoms with van der Waals surface area (Å²) in [7, 11) is 1.68. The molecule has 1 aliphatic rings. The molecule has 0 aliphatic carbocycles. The van der Waals surface area contributed by atoms with Crippen LogP contribution in [0, 0.1) is 6.92 Å². The van der Waals surface area contributed by atoms with Gasteiger partial charge in [0.15, 0.2) is 0 Å². The van der Waals surface area contributed by atoms with Crippen LogP contribution in [0.15, 0.2) is 18.2 Å². The molecule has 0 radical (unpaired) electrons. The molecule has 1 aromatic carbocycles. The molecule has 0 saturated carbocycles. The number of carbonyl (C=O) groups is 1. The quantitative estimate of drug-likeness (QED) is 0.891. The van der Waals surface area contributed by atoms with E-state index in [4.69, 9.17) is 0 Å². The van der Waals surface area contributed by atoms with Gasteiger partial charge in [0.25, 0.3) is 0 Å². The fourth-order valence-corrected chi connectivity index (χ4v) is 3.05. The number of piperidine rings is 1. The molecule has 1 aliphatic heterocycles. The van der Waals surface area contributed by atoms with Gasteiger partial charge in [-0.3, -0.25) is 9.69 Å². The average Bonchev–Trinajstić information content (AvgIpc) is 2.46. The minimum absolute atomic E-state index is 0.0400. The molecule has 4 nitrogen and oxygen atoms in total. The van der Waals surface area contributed by atoms with E-state index in [-0.39, 0.29) is 18.0 Å². The van der Waals surface area contributed by atoms with Crippen molar-refractivity contribution >= 4 is 5.91 Å². The molecule has 1 heterocycles. The molecule has 4 heteroatoms. The summed E-state index contributed by atoms with van der Waals surface area (Å²) in [6.45, 7) is 4.92. The SMILES string of the molecule is CNC(=O)C1CCCCN1C(C)c1ccc(C)cc1O. The molecule has 2 N–H and O–H groups in total. The Morgan fingerprint density at radius 1 is 1.45 bits per heavy atom. The van der Waals surface area contributed by atoms with E-state index in [9.17, 15) is 9.90 Å². The molecule has 2 unspecified atom stereocenters. The van der Waals surface area contributed by atoms with Crippen LogP contribution in [0.5, 0.6) is 5.75 Å². The number of aromatic hydroxyl groups is 1. The summed E-state index contributed by atoms with van der Waals surface area (Å²) in [6.07, 6.45) is 3.07. The Labute approximate surface area is 120 Å². The maximum absolute atomic E-state index is 12.0. The Balaban J connectivity index is 2.25. The predicted molar refractivity (Wildman–Crippen MR) is 79.7 cm³/mol. The molecular formula is C16H24N2O2. The number of benzene rings is 1. The Hall–Kier alpha value is -1.55. The molecule has 20 heavy (non-hydrogen) atoms. The summed E-state index contributed by atoms with van der Waals surface area (Å²) >= 11 is 0. The molecule has 0 aromatic heterocycles. The second-order valence-electron chi connectivity index (χ2n) is 5.60. The van der Waals surface area contributed by atoms with Crippen LogP contribution in [0.25, 0.3) is 0 Å². The average molecular weight is 276 g/mol. The van der Waals surface area contributed by atoms with Gasteiger partial charge in [0.2, 0.25) is 5.91 Å². The topological polar surface area (TPSA) is 52.6 Å². The molecule has 110 valence electrons. The van der Waals surface area contributed by atoms with Gasteiger partial charge in [0.05, 0.1) is 6.04 Å². The summed E-state index contributed by atoms with van der Waals surface area (Å²) in [5, 5.41) is 12.9. The van der Waals surface area contributed by atoms with Crippen LogP contribution in [0.3, 0.4) is 0 Å². The maximum atomic E-state index is 12.0. The highest BCUT2D eigenvalue weighted by molar-refractivity contribution is 5.81. The number of phenolic OH excluding ortho intramolecular Hbond substituents is 1. The van der Waals surface area contributed by atoms with E-state index in [1.165, 1.54) is 0 Å². The smallest absolute Gasteiger partial charge is 0.237 e. The van der Waals surface area contributed by atoms with E-state index < -0.39 is 0 Å². The van der Waals surface area contributed by atoms with Crippen molar-refractivity contribution in [2.75, 3.05) is 13.6 Å². The van der Waals surface area contributed by atoms with Crippen molar-refractivity contribution in [1.29, 1.82) is 0 Å². The van der Waals surface area contributed by atoms with Crippen LogP contribution >= 0.6 is 0 Å². The van der Waals surface area contributed by atoms with Gasteiger partial charge in [0.1, 0.15) is 5.75 Å². The van der Waals surface area contributed by atoms with E-state index in [1.807, 2.05) is 19.1 Å². The molecule has 1 amide bonds. The molecule has 0 spiro atoms. The number of likely N-dealkylation sites (N-methyl/N-ethyl adjacent to an activating group) is 1. The minimum atomic E-state index is -0.0931. The summed E-state index contributed by atoms with van der Waals surface area (Å²) in [6, 6.07) is 5.70. The van der Waals surface area contributed by atoms with Crippen molar-refractivity contribution in [2.45, 2.75) is 45.2 Å². The first-order valence-electron chi connectivity index (χ1n) is 7.31. The molecule has 0 bridgehead atoms. The van der Waals surface area contributed by atoms with Gasteiger partial charge in [0, 0.05) is 18.7 Å². The Morgan fingerprint density at radius 2 is 2.20 bits per heavy atom. The number of likely N-dealkylation sites (tertiary alicyclic amines) is 1. The summed E-state index contributed by atoms with van der Waals surface area (Å²) in [4.78, 5) is 14.2. The number of amides is 1. The second-order valence-corrected chi connectivity index (χ2v) is 5.60. The van der Waals surface area contributed by atoms with Crippen molar-refractivity contribution in [3.05, 3.63) is 29.3 Å². The van der Waals surface area contributed by atoms with Crippen LogP contribution in [0.4, 0.5) is 0 Å². The van der Waals surface area contributed by atoms with Crippen molar-refractivity contribution in [2.24, 2.45) is 0 Å². The lowest BCUT2D eigenvalue weighted by atomic mass is 9.95. The number of phenols is 1. The van der Waals surface area contributed by atoms with E-state index in [0.717, 1.165) is 36.9 Å². The summed E-state index contributed by atoms with van der Waals surface area (Å²) in [5.41, 5.74) is 1.94. The third-order valence-electron chi connectivity index (χ3n) is 4.23. The van der Waals surface area contributed by atoms with Gasteiger partial charge in [-0.05, 0) is 44.9 Å². The van der Waals surface area contributed by atoms with Crippen LogP contribution < -0.4 is 5.32 Å². The van der Waals surface area contributed by atoms with E-state index in [0.29, 0.717) is 5.75 Å². The van der Waals surface area contributed by atoms with Gasteiger partial charge in [-0.25, -0.2) is 0 Å². The number of nitrogens with zero attached hydrogens (tertiary/aromatic N) is 1. The lowest BCUT2D eigenvalue weighted by molar-refractivity contribution is -0.128. The first-order chi connectivity index (χ1) is 9.54. The summed E-state index contributed by atoms with van der Waals surface area (Å²) in [5.74, 6) is 0.391. The lowest BCUT2D eigenvalue weighted by Gasteiger charge is -2.39. The van der Waals surface area contributed by atoms with Crippen molar-refractivity contribution < 1.29 is 9.90 Å². The molecule has 2 atom stereocenters. The van der Waals surface area contributed by atoms with Crippen LogP contribution in [-0.4, -0.2) is 35.5 Å². The zero-order valence-corrected chi connectivity index (χ0v) is 12.5. The van der Waals surface area contributed by atoms with Gasteiger partial charge in [-0.1, -0.05) is 18.6 Å². The Kier molecular flexibility index (Phi) is 4.65. The van der Waals surface area contributed by atoms with Gasteiger partial charge in [-0.2, -0.15) is 0 Å². The standard InChI is InChI=1S/C16H24N2O2/c1-11-7-8-13(15(19)10-11)12(2)18-9-5-4-6-14(18)16(20)17-3/h7-8,10,12,14,19H,4-6,9H2,1-3H3,(H,17,20). The first-order valence-corrected chi connectivity index (χ1v) is 7.31. The van der Waals surface area contributed by atoms with Crippen molar-refractivity contribution in [1.82, 2.24) is 10.2 Å². The normalized spacial score (nSPS) is 21.4. The number of hydrogen-bond donors (Lipinski definition) is 2. The highest BCUT2D eigenvalue weighted by atomic mass is 16.3. The van der Waals surface area contributed by atoms with Gasteiger partial charge < -0.3 is 10.4 Å². The van der Waals surface area contributed by atoms with Crippen molar-refractivity contribution in [3.63, 3.8) is 0 Å². The number of aryl methyl sites for hydroxylation is 1. The second kappa shape index (κ2) is 6.27. The van der Waals surface area contributed by atoms with Crippen molar-refractivity contribution in [3.8, 4) is 5.75 Å². The zero-order valence-electron chi connectivity index (χ0n) is 12.5. The fraction of sp³-hybridized carbons (Fsp3) is 0.562. The number of carbonyl (C=O) groups excluding carboxylic acids is 1. The third kappa shape index (κ3) is 2.96. The minimum Gasteiger partial charge on any atom is -0.508 e. The largest absolute Gasteiger partial charge is 0.508 e. The van der Waals surface area contributed by atoms with E-state index in [2.05, 4.69) is 17.1 Å². The molecule has 1 fully saturated rings. The zero-order chi connectivity index (χ0) is 14.7. The first kappa shape index (κ1) is 14.9. The molecule has 1 saturated heterocycles. The third-order valence-corrected chi connectivity index (χ3v) is 4.23. The Morgan fingerprint density at radius 3 is 2.85 bits per heavy atom. The highest BCUT2D eigenvalue weighted by Crippen LogP contribution is 2.33. The van der Waals surface area contributed by atoms with Gasteiger partial charge in [-0.15, -0.1) is 0 Å². The maximum Gasteiger partial charge on any atom is 0.237 e. The number of hydrogen-bond acceptors (Lipinski definition) is 3. The predicted octanol–water partition coefficient (Wildman–Crippen LogP) is 2.36. The number of nitrogens with one attached hydrogen (secondary N) is 1. The van der Waals surface area contributed by atoms with Crippen LogP contribution in [0.1, 0.15) is 43.4 Å². The van der Waals surface area contributed by atoms with E-state index >= 15 is 0 Å². The van der Waals surface area contributed by atoms with Gasteiger partial charge >= 0.3 is 0 Å². The highest BCUT2D eigenvalue weighted by Gasteiger charge is 2.32. The van der Waals surface area contributed by atoms with Crippen LogP contribution in [0.2, 0.25) is 0 Å². The molecule has 2 rings (SSSR count). The fourth-order valence-electron chi connectivity index (χ4n) is 3.05. The molecular weight excluding hydrogens is 252 g/mol. The van der Waals surface area contributed by atoms with Crippen LogP contribution in [-0.2, 0) is 4.79 Å². The summed E-state index contributed by atoms with van der Waals surface area (Å²) < 4.78 is 0. The monoisotopic (exact) mass is 276 g/mol.